The molecule has 0 spiro atoms. The van der Waals surface area contributed by atoms with Crippen LogP contribution in [-0.4, -0.2) is 40.8 Å². The van der Waals surface area contributed by atoms with Gasteiger partial charge in [-0.2, -0.15) is 13.2 Å². The summed E-state index contributed by atoms with van der Waals surface area (Å²) in [5.41, 5.74) is -2.75. The third kappa shape index (κ3) is 5.14. The first-order valence-corrected chi connectivity index (χ1v) is 8.29. The number of halogens is 3. The zero-order valence-electron chi connectivity index (χ0n) is 13.6. The van der Waals surface area contributed by atoms with Crippen molar-refractivity contribution in [3.63, 3.8) is 0 Å². The van der Waals surface area contributed by atoms with Crippen molar-refractivity contribution in [3.8, 4) is 0 Å². The molecule has 1 amide bonds. The summed E-state index contributed by atoms with van der Waals surface area (Å²) in [5, 5.41) is 9.76. The minimum absolute atomic E-state index is 0.185. The Hall–Kier alpha value is -0.780. The largest absolute Gasteiger partial charge is 0.418 e. The molecule has 0 aliphatic carbocycles. The van der Waals surface area contributed by atoms with Crippen molar-refractivity contribution in [2.75, 3.05) is 13.1 Å². The summed E-state index contributed by atoms with van der Waals surface area (Å²) in [4.78, 5) is 13.5. The van der Waals surface area contributed by atoms with E-state index in [0.717, 1.165) is 25.7 Å². The monoisotopic (exact) mass is 323 g/mol. The first kappa shape index (κ1) is 19.3. The van der Waals surface area contributed by atoms with Gasteiger partial charge in [0.2, 0.25) is 5.91 Å². The van der Waals surface area contributed by atoms with E-state index in [1.165, 1.54) is 11.3 Å². The fraction of sp³-hybridized carbons (Fsp3) is 0.938. The van der Waals surface area contributed by atoms with Crippen LogP contribution in [0.1, 0.15) is 65.2 Å². The molecule has 0 aromatic rings. The Bertz CT molecular complexity index is 360. The minimum Gasteiger partial charge on any atom is -0.379 e. The van der Waals surface area contributed by atoms with Gasteiger partial charge in [-0.25, -0.2) is 0 Å². The first-order chi connectivity index (χ1) is 10.2. The normalized spacial score (nSPS) is 24.4. The molecule has 1 heterocycles. The average Bonchev–Trinajstić information content (AvgIpc) is 2.45. The number of unbranched alkanes of at least 4 members (excludes halogenated alkanes) is 4. The van der Waals surface area contributed by atoms with E-state index in [4.69, 9.17) is 0 Å². The molecular weight excluding hydrogens is 295 g/mol. The Balaban J connectivity index is 2.47. The van der Waals surface area contributed by atoms with E-state index in [9.17, 15) is 23.1 Å². The van der Waals surface area contributed by atoms with E-state index in [2.05, 4.69) is 6.92 Å². The summed E-state index contributed by atoms with van der Waals surface area (Å²) < 4.78 is 38.7. The zero-order chi connectivity index (χ0) is 16.8. The number of aliphatic hydroxyl groups is 1. The number of hydrogen-bond donors (Lipinski definition) is 1. The van der Waals surface area contributed by atoms with Crippen molar-refractivity contribution in [1.29, 1.82) is 0 Å². The molecule has 1 saturated heterocycles. The number of likely N-dealkylation sites (tertiary alicyclic amines) is 1. The van der Waals surface area contributed by atoms with Gasteiger partial charge in [-0.05, 0) is 19.3 Å². The number of piperidine rings is 1. The van der Waals surface area contributed by atoms with Crippen molar-refractivity contribution in [2.45, 2.75) is 77.0 Å². The van der Waals surface area contributed by atoms with Crippen LogP contribution in [0.15, 0.2) is 0 Å². The maximum absolute atomic E-state index is 12.9. The van der Waals surface area contributed by atoms with Gasteiger partial charge < -0.3 is 10.0 Å². The van der Waals surface area contributed by atoms with Crippen molar-refractivity contribution >= 4 is 5.91 Å². The number of β-amino-alcohol motifs (C(OH)–C–C–N with tert-alkyl or cyclic N) is 1. The lowest BCUT2D eigenvalue weighted by Gasteiger charge is -2.40. The molecule has 1 N–H and O–H groups in total. The predicted octanol–water partition coefficient (Wildman–Crippen LogP) is 3.90. The second-order valence-electron chi connectivity index (χ2n) is 6.50. The maximum Gasteiger partial charge on any atom is 0.418 e. The van der Waals surface area contributed by atoms with Crippen LogP contribution in [0.5, 0.6) is 0 Å². The Morgan fingerprint density at radius 1 is 1.27 bits per heavy atom. The van der Waals surface area contributed by atoms with Crippen molar-refractivity contribution in [2.24, 2.45) is 5.92 Å². The summed E-state index contributed by atoms with van der Waals surface area (Å²) in [6.07, 6.45) is 1.30. The Labute approximate surface area is 130 Å². The van der Waals surface area contributed by atoms with Crippen LogP contribution < -0.4 is 0 Å². The van der Waals surface area contributed by atoms with Gasteiger partial charge in [-0.3, -0.25) is 4.79 Å². The van der Waals surface area contributed by atoms with Gasteiger partial charge in [0.05, 0.1) is 6.54 Å². The molecule has 6 heteroatoms. The first-order valence-electron chi connectivity index (χ1n) is 8.29. The molecule has 130 valence electrons. The predicted molar refractivity (Wildman–Crippen MR) is 79.4 cm³/mol. The molecule has 3 nitrogen and oxygen atoms in total. The van der Waals surface area contributed by atoms with Crippen molar-refractivity contribution in [3.05, 3.63) is 0 Å². The van der Waals surface area contributed by atoms with Crippen molar-refractivity contribution in [1.82, 2.24) is 4.90 Å². The molecule has 1 aliphatic heterocycles. The Morgan fingerprint density at radius 3 is 2.50 bits per heavy atom. The number of carbonyl (C=O) groups excluding carboxylic acids is 1. The van der Waals surface area contributed by atoms with E-state index < -0.39 is 18.3 Å². The lowest BCUT2D eigenvalue weighted by molar-refractivity contribution is -0.272. The topological polar surface area (TPSA) is 40.5 Å². The SMILES string of the molecule is CCCCCCCC(C)C(=O)N1CCCC(O)(C(F)(F)F)C1. The van der Waals surface area contributed by atoms with E-state index in [0.29, 0.717) is 13.0 Å². The van der Waals surface area contributed by atoms with Crippen LogP contribution in [-0.2, 0) is 4.79 Å². The third-order valence-electron chi connectivity index (χ3n) is 4.47. The standard InChI is InChI=1S/C16H28F3NO2/c1-3-4-5-6-7-9-13(2)14(21)20-11-8-10-15(22,12-20)16(17,18)19/h13,22H,3-12H2,1-2H3. The highest BCUT2D eigenvalue weighted by Gasteiger charge is 2.56. The molecule has 1 aliphatic rings. The Morgan fingerprint density at radius 2 is 1.91 bits per heavy atom. The third-order valence-corrected chi connectivity index (χ3v) is 4.47. The zero-order valence-corrected chi connectivity index (χ0v) is 13.6. The highest BCUT2D eigenvalue weighted by atomic mass is 19.4. The summed E-state index contributed by atoms with van der Waals surface area (Å²) in [6, 6.07) is 0. The van der Waals surface area contributed by atoms with Gasteiger partial charge in [0.15, 0.2) is 5.60 Å². The molecule has 1 fully saturated rings. The summed E-state index contributed by atoms with van der Waals surface area (Å²) >= 11 is 0. The number of hydrogen-bond acceptors (Lipinski definition) is 2. The molecule has 0 bridgehead atoms. The molecule has 0 aromatic carbocycles. The summed E-state index contributed by atoms with van der Waals surface area (Å²) in [7, 11) is 0. The van der Waals surface area contributed by atoms with Crippen LogP contribution >= 0.6 is 0 Å². The maximum atomic E-state index is 12.9. The van der Waals surface area contributed by atoms with Gasteiger partial charge in [-0.1, -0.05) is 46.0 Å². The molecule has 0 aromatic heterocycles. The average molecular weight is 323 g/mol. The molecular formula is C16H28F3NO2. The number of amides is 1. The van der Waals surface area contributed by atoms with Crippen LogP contribution in [0.4, 0.5) is 13.2 Å². The quantitative estimate of drug-likeness (QED) is 0.722. The molecule has 2 atom stereocenters. The van der Waals surface area contributed by atoms with E-state index in [-0.39, 0.29) is 24.7 Å². The molecule has 0 saturated carbocycles. The van der Waals surface area contributed by atoms with Crippen molar-refractivity contribution < 1.29 is 23.1 Å². The number of rotatable bonds is 7. The van der Waals surface area contributed by atoms with Gasteiger partial charge in [0.25, 0.3) is 0 Å². The van der Waals surface area contributed by atoms with Gasteiger partial charge in [0.1, 0.15) is 0 Å². The second kappa shape index (κ2) is 8.18. The summed E-state index contributed by atoms with van der Waals surface area (Å²) in [6.45, 7) is 3.57. The number of nitrogens with zero attached hydrogens (tertiary/aromatic N) is 1. The van der Waals surface area contributed by atoms with Crippen LogP contribution in [0, 0.1) is 5.92 Å². The highest BCUT2D eigenvalue weighted by Crippen LogP contribution is 2.37. The fourth-order valence-corrected chi connectivity index (χ4v) is 2.94. The van der Waals surface area contributed by atoms with Gasteiger partial charge >= 0.3 is 6.18 Å². The van der Waals surface area contributed by atoms with E-state index in [1.807, 2.05) is 0 Å². The van der Waals surface area contributed by atoms with Crippen LogP contribution in [0.3, 0.4) is 0 Å². The van der Waals surface area contributed by atoms with E-state index >= 15 is 0 Å². The van der Waals surface area contributed by atoms with E-state index in [1.54, 1.807) is 6.92 Å². The molecule has 1 rings (SSSR count). The van der Waals surface area contributed by atoms with Crippen LogP contribution in [0.25, 0.3) is 0 Å². The smallest absolute Gasteiger partial charge is 0.379 e. The number of alkyl halides is 3. The van der Waals surface area contributed by atoms with Gasteiger partial charge in [-0.15, -0.1) is 0 Å². The van der Waals surface area contributed by atoms with Crippen LogP contribution in [0.2, 0.25) is 0 Å². The molecule has 2 unspecified atom stereocenters. The minimum atomic E-state index is -4.69. The molecule has 22 heavy (non-hydrogen) atoms. The lowest BCUT2D eigenvalue weighted by Crippen LogP contribution is -2.58. The lowest BCUT2D eigenvalue weighted by atomic mass is 9.91. The highest BCUT2D eigenvalue weighted by molar-refractivity contribution is 5.78. The number of carbonyl (C=O) groups is 1. The summed E-state index contributed by atoms with van der Waals surface area (Å²) in [5.74, 6) is -0.546. The fourth-order valence-electron chi connectivity index (χ4n) is 2.94. The second-order valence-corrected chi connectivity index (χ2v) is 6.50. The van der Waals surface area contributed by atoms with Gasteiger partial charge in [0, 0.05) is 12.5 Å². The molecule has 0 radical (unpaired) electrons. The Kier molecular flexibility index (Phi) is 7.16.